The molecule has 0 bridgehead atoms. The Morgan fingerprint density at radius 2 is 1.77 bits per heavy atom. The SMILES string of the molecule is CCCCCC(=O)NNC(=O)C(C)Oc1ccc(CC)cc1. The number of carbonyl (C=O) groups excluding carboxylic acids is 2. The number of nitrogens with one attached hydrogen (secondary N) is 2. The van der Waals surface area contributed by atoms with E-state index in [1.54, 1.807) is 6.92 Å². The van der Waals surface area contributed by atoms with Crippen LogP contribution in [-0.2, 0) is 16.0 Å². The minimum absolute atomic E-state index is 0.179. The molecule has 0 saturated carbocycles. The molecule has 1 aromatic carbocycles. The molecular weight excluding hydrogens is 280 g/mol. The third-order valence-electron chi connectivity index (χ3n) is 3.35. The molecule has 22 heavy (non-hydrogen) atoms. The maximum Gasteiger partial charge on any atom is 0.279 e. The molecule has 0 heterocycles. The Labute approximate surface area is 132 Å². The molecule has 2 N–H and O–H groups in total. The zero-order valence-electron chi connectivity index (χ0n) is 13.6. The molecule has 0 saturated heterocycles. The number of hydrogen-bond acceptors (Lipinski definition) is 3. The largest absolute Gasteiger partial charge is 0.481 e. The summed E-state index contributed by atoms with van der Waals surface area (Å²) in [7, 11) is 0. The van der Waals surface area contributed by atoms with Crippen molar-refractivity contribution in [2.24, 2.45) is 0 Å². The molecule has 0 aromatic heterocycles. The van der Waals surface area contributed by atoms with Crippen molar-refractivity contribution >= 4 is 11.8 Å². The van der Waals surface area contributed by atoms with Gasteiger partial charge in [0.2, 0.25) is 5.91 Å². The Hall–Kier alpha value is -2.04. The van der Waals surface area contributed by atoms with Gasteiger partial charge in [-0.05, 0) is 37.5 Å². The molecule has 1 aromatic rings. The highest BCUT2D eigenvalue weighted by Gasteiger charge is 2.15. The molecule has 1 unspecified atom stereocenters. The minimum atomic E-state index is -0.677. The molecule has 0 aliphatic heterocycles. The highest BCUT2D eigenvalue weighted by atomic mass is 16.5. The molecule has 0 aliphatic rings. The summed E-state index contributed by atoms with van der Waals surface area (Å²) in [5.41, 5.74) is 6.01. The van der Waals surface area contributed by atoms with E-state index in [9.17, 15) is 9.59 Å². The van der Waals surface area contributed by atoms with Gasteiger partial charge in [-0.15, -0.1) is 0 Å². The molecule has 1 rings (SSSR count). The first kappa shape index (κ1) is 18.0. The predicted molar refractivity (Wildman–Crippen MR) is 86.3 cm³/mol. The number of carbonyl (C=O) groups is 2. The van der Waals surface area contributed by atoms with E-state index in [1.165, 1.54) is 5.56 Å². The van der Waals surface area contributed by atoms with Crippen LogP contribution in [-0.4, -0.2) is 17.9 Å². The number of aryl methyl sites for hydroxylation is 1. The van der Waals surface area contributed by atoms with E-state index >= 15 is 0 Å². The molecule has 122 valence electrons. The molecule has 0 fully saturated rings. The van der Waals surface area contributed by atoms with E-state index in [2.05, 4.69) is 24.7 Å². The van der Waals surface area contributed by atoms with Gasteiger partial charge in [0.15, 0.2) is 6.10 Å². The first-order chi connectivity index (χ1) is 10.6. The van der Waals surface area contributed by atoms with Crippen LogP contribution < -0.4 is 15.6 Å². The number of rotatable bonds is 8. The lowest BCUT2D eigenvalue weighted by Gasteiger charge is -2.15. The van der Waals surface area contributed by atoms with Gasteiger partial charge >= 0.3 is 0 Å². The van der Waals surface area contributed by atoms with Crippen LogP contribution in [0.5, 0.6) is 5.75 Å². The second kappa shape index (κ2) is 9.82. The number of ether oxygens (including phenoxy) is 1. The Morgan fingerprint density at radius 1 is 1.09 bits per heavy atom. The Bertz CT molecular complexity index is 471. The van der Waals surface area contributed by atoms with E-state index in [0.29, 0.717) is 12.2 Å². The molecule has 5 heteroatoms. The van der Waals surface area contributed by atoms with Gasteiger partial charge in [-0.25, -0.2) is 0 Å². The lowest BCUT2D eigenvalue weighted by molar-refractivity contribution is -0.132. The second-order valence-electron chi connectivity index (χ2n) is 5.25. The van der Waals surface area contributed by atoms with Crippen molar-refractivity contribution in [3.63, 3.8) is 0 Å². The predicted octanol–water partition coefficient (Wildman–Crippen LogP) is 2.74. The Morgan fingerprint density at radius 3 is 2.36 bits per heavy atom. The summed E-state index contributed by atoms with van der Waals surface area (Å²) in [4.78, 5) is 23.4. The van der Waals surface area contributed by atoms with Gasteiger partial charge in [0.05, 0.1) is 0 Å². The number of hydrogen-bond donors (Lipinski definition) is 2. The second-order valence-corrected chi connectivity index (χ2v) is 5.25. The summed E-state index contributed by atoms with van der Waals surface area (Å²) < 4.78 is 5.54. The normalized spacial score (nSPS) is 11.6. The zero-order valence-corrected chi connectivity index (χ0v) is 13.6. The Kier molecular flexibility index (Phi) is 8.04. The van der Waals surface area contributed by atoms with Crippen molar-refractivity contribution in [2.75, 3.05) is 0 Å². The van der Waals surface area contributed by atoms with Crippen LogP contribution in [0.25, 0.3) is 0 Å². The first-order valence-electron chi connectivity index (χ1n) is 7.91. The van der Waals surface area contributed by atoms with Gasteiger partial charge in [0.25, 0.3) is 5.91 Å². The molecule has 0 radical (unpaired) electrons. The minimum Gasteiger partial charge on any atom is -0.481 e. The molecule has 0 spiro atoms. The third-order valence-corrected chi connectivity index (χ3v) is 3.35. The third kappa shape index (κ3) is 6.61. The zero-order chi connectivity index (χ0) is 16.4. The van der Waals surface area contributed by atoms with Crippen LogP contribution in [0.4, 0.5) is 0 Å². The summed E-state index contributed by atoms with van der Waals surface area (Å²) in [5.74, 6) is 0.0823. The topological polar surface area (TPSA) is 67.4 Å². The monoisotopic (exact) mass is 306 g/mol. The van der Waals surface area contributed by atoms with Crippen molar-refractivity contribution in [2.45, 2.75) is 59.0 Å². The summed E-state index contributed by atoms with van der Waals surface area (Å²) in [6.45, 7) is 5.80. The van der Waals surface area contributed by atoms with E-state index in [0.717, 1.165) is 25.7 Å². The summed E-state index contributed by atoms with van der Waals surface area (Å²) in [6, 6.07) is 7.61. The number of amides is 2. The van der Waals surface area contributed by atoms with Crippen molar-refractivity contribution < 1.29 is 14.3 Å². The van der Waals surface area contributed by atoms with Gasteiger partial charge in [-0.1, -0.05) is 38.8 Å². The summed E-state index contributed by atoms with van der Waals surface area (Å²) in [6.07, 6.45) is 3.59. The van der Waals surface area contributed by atoms with Crippen LogP contribution in [0, 0.1) is 0 Å². The molecule has 5 nitrogen and oxygen atoms in total. The van der Waals surface area contributed by atoms with E-state index in [4.69, 9.17) is 4.74 Å². The maximum absolute atomic E-state index is 11.9. The van der Waals surface area contributed by atoms with E-state index in [1.807, 2.05) is 24.3 Å². The fourth-order valence-electron chi connectivity index (χ4n) is 1.89. The number of hydrazine groups is 1. The Balaban J connectivity index is 2.33. The van der Waals surface area contributed by atoms with Crippen LogP contribution in [0.2, 0.25) is 0 Å². The van der Waals surface area contributed by atoms with Crippen LogP contribution in [0.1, 0.15) is 52.0 Å². The van der Waals surface area contributed by atoms with Crippen molar-refractivity contribution in [3.8, 4) is 5.75 Å². The first-order valence-corrected chi connectivity index (χ1v) is 7.91. The molecule has 1 atom stereocenters. The summed E-state index contributed by atoms with van der Waals surface area (Å²) >= 11 is 0. The van der Waals surface area contributed by atoms with E-state index < -0.39 is 6.10 Å². The van der Waals surface area contributed by atoms with Crippen molar-refractivity contribution in [3.05, 3.63) is 29.8 Å². The van der Waals surface area contributed by atoms with Crippen LogP contribution >= 0.6 is 0 Å². The van der Waals surface area contributed by atoms with Gasteiger partial charge in [-0.2, -0.15) is 0 Å². The quantitative estimate of drug-likeness (QED) is 0.573. The highest BCUT2D eigenvalue weighted by Crippen LogP contribution is 2.14. The maximum atomic E-state index is 11.9. The van der Waals surface area contributed by atoms with Crippen LogP contribution in [0.15, 0.2) is 24.3 Å². The van der Waals surface area contributed by atoms with Crippen molar-refractivity contribution in [1.29, 1.82) is 0 Å². The number of unbranched alkanes of at least 4 members (excludes halogenated alkanes) is 2. The number of benzene rings is 1. The fraction of sp³-hybridized carbons (Fsp3) is 0.529. The molecule has 2 amide bonds. The lowest BCUT2D eigenvalue weighted by Crippen LogP contribution is -2.47. The molecule has 0 aliphatic carbocycles. The standard InChI is InChI=1S/C17H26N2O3/c1-4-6-7-8-16(20)18-19-17(21)13(3)22-15-11-9-14(5-2)10-12-15/h9-13H,4-8H2,1-3H3,(H,18,20)(H,19,21). The van der Waals surface area contributed by atoms with Gasteiger partial charge in [0.1, 0.15) is 5.75 Å². The molecular formula is C17H26N2O3. The van der Waals surface area contributed by atoms with Gasteiger partial charge in [0, 0.05) is 6.42 Å². The van der Waals surface area contributed by atoms with Gasteiger partial charge in [-0.3, -0.25) is 20.4 Å². The lowest BCUT2D eigenvalue weighted by atomic mass is 10.2. The summed E-state index contributed by atoms with van der Waals surface area (Å²) in [5, 5.41) is 0. The van der Waals surface area contributed by atoms with E-state index in [-0.39, 0.29) is 11.8 Å². The average Bonchev–Trinajstić information content (AvgIpc) is 2.53. The smallest absolute Gasteiger partial charge is 0.279 e. The highest BCUT2D eigenvalue weighted by molar-refractivity contribution is 5.84. The average molecular weight is 306 g/mol. The fourth-order valence-corrected chi connectivity index (χ4v) is 1.89. The van der Waals surface area contributed by atoms with Gasteiger partial charge < -0.3 is 4.74 Å². The van der Waals surface area contributed by atoms with Crippen molar-refractivity contribution in [1.82, 2.24) is 10.9 Å². The van der Waals surface area contributed by atoms with Crippen LogP contribution in [0.3, 0.4) is 0 Å².